The van der Waals surface area contributed by atoms with Gasteiger partial charge in [0.2, 0.25) is 0 Å². The van der Waals surface area contributed by atoms with Gasteiger partial charge < -0.3 is 0 Å². The molecule has 3 aromatic rings. The van der Waals surface area contributed by atoms with Crippen molar-refractivity contribution in [2.75, 3.05) is 0 Å². The Morgan fingerprint density at radius 3 is 2.47 bits per heavy atom. The molecule has 1 heterocycles. The van der Waals surface area contributed by atoms with Crippen LogP contribution in [0.4, 0.5) is 5.69 Å². The van der Waals surface area contributed by atoms with E-state index in [1.807, 2.05) is 24.3 Å². The molecular formula is C15H13N3S. The highest BCUT2D eigenvalue weighted by Gasteiger charge is 2.09. The van der Waals surface area contributed by atoms with E-state index in [0.717, 1.165) is 16.1 Å². The molecular weight excluding hydrogens is 254 g/mol. The largest absolute Gasteiger partial charge is 0.236 e. The summed E-state index contributed by atoms with van der Waals surface area (Å²) >= 11 is 1.72. The van der Waals surface area contributed by atoms with Gasteiger partial charge in [0.25, 0.3) is 0 Å². The SMILES string of the molecule is Cc1ccc2nc(-c3ccc(N=N)cc3)sc2c1C. The van der Waals surface area contributed by atoms with E-state index in [9.17, 15) is 0 Å². The van der Waals surface area contributed by atoms with Crippen LogP contribution in [0.25, 0.3) is 20.8 Å². The normalized spacial score (nSPS) is 10.8. The predicted molar refractivity (Wildman–Crippen MR) is 79.3 cm³/mol. The number of aryl methyl sites for hydroxylation is 2. The molecule has 94 valence electrons. The zero-order valence-corrected chi connectivity index (χ0v) is 11.6. The van der Waals surface area contributed by atoms with Crippen LogP contribution in [0.5, 0.6) is 0 Å². The van der Waals surface area contributed by atoms with Crippen LogP contribution in [0.3, 0.4) is 0 Å². The smallest absolute Gasteiger partial charge is 0.124 e. The van der Waals surface area contributed by atoms with Crippen LogP contribution >= 0.6 is 11.3 Å². The number of hydrogen-bond acceptors (Lipinski definition) is 4. The van der Waals surface area contributed by atoms with Crippen molar-refractivity contribution < 1.29 is 0 Å². The molecule has 0 spiro atoms. The van der Waals surface area contributed by atoms with Gasteiger partial charge in [0.1, 0.15) is 5.01 Å². The van der Waals surface area contributed by atoms with Gasteiger partial charge in [-0.2, -0.15) is 5.11 Å². The van der Waals surface area contributed by atoms with Gasteiger partial charge in [0.05, 0.1) is 15.9 Å². The summed E-state index contributed by atoms with van der Waals surface area (Å²) in [6.07, 6.45) is 0. The van der Waals surface area contributed by atoms with Crippen molar-refractivity contribution in [1.29, 1.82) is 5.53 Å². The van der Waals surface area contributed by atoms with E-state index in [1.54, 1.807) is 11.3 Å². The summed E-state index contributed by atoms with van der Waals surface area (Å²) in [4.78, 5) is 4.68. The molecule has 3 nitrogen and oxygen atoms in total. The maximum Gasteiger partial charge on any atom is 0.124 e. The van der Waals surface area contributed by atoms with E-state index in [2.05, 4.69) is 36.1 Å². The van der Waals surface area contributed by atoms with Gasteiger partial charge in [0.15, 0.2) is 0 Å². The molecule has 1 aromatic heterocycles. The molecule has 0 atom stereocenters. The number of thiazole rings is 1. The second kappa shape index (κ2) is 4.55. The number of rotatable bonds is 2. The van der Waals surface area contributed by atoms with Crippen LogP contribution in [-0.4, -0.2) is 4.98 Å². The molecule has 0 radical (unpaired) electrons. The lowest BCUT2D eigenvalue weighted by Crippen LogP contribution is -1.79. The van der Waals surface area contributed by atoms with Gasteiger partial charge in [-0.1, -0.05) is 6.07 Å². The molecule has 1 N–H and O–H groups in total. The summed E-state index contributed by atoms with van der Waals surface area (Å²) in [6, 6.07) is 11.8. The zero-order chi connectivity index (χ0) is 13.4. The lowest BCUT2D eigenvalue weighted by molar-refractivity contribution is 1.15. The Hall–Kier alpha value is -2.07. The van der Waals surface area contributed by atoms with E-state index in [1.165, 1.54) is 15.8 Å². The summed E-state index contributed by atoms with van der Waals surface area (Å²) in [6.45, 7) is 4.26. The third kappa shape index (κ3) is 2.04. The Morgan fingerprint density at radius 2 is 1.79 bits per heavy atom. The minimum Gasteiger partial charge on any atom is -0.236 e. The maximum absolute atomic E-state index is 6.97. The minimum atomic E-state index is 0.664. The Kier molecular flexibility index (Phi) is 2.87. The van der Waals surface area contributed by atoms with Crippen molar-refractivity contribution in [3.8, 4) is 10.6 Å². The third-order valence-corrected chi connectivity index (χ3v) is 4.56. The number of hydrogen-bond donors (Lipinski definition) is 1. The van der Waals surface area contributed by atoms with Crippen molar-refractivity contribution in [2.24, 2.45) is 5.11 Å². The Balaban J connectivity index is 2.14. The standard InChI is InChI=1S/C15H13N3S/c1-9-3-8-13-14(10(9)2)19-15(17-13)11-4-6-12(18-16)7-5-11/h3-8,16H,1-2H3. The topological polar surface area (TPSA) is 49.1 Å². The molecule has 0 saturated carbocycles. The van der Waals surface area contributed by atoms with E-state index < -0.39 is 0 Å². The van der Waals surface area contributed by atoms with Gasteiger partial charge in [0, 0.05) is 5.56 Å². The first kappa shape index (κ1) is 12.0. The second-order valence-electron chi connectivity index (χ2n) is 4.53. The fourth-order valence-corrected chi connectivity index (χ4v) is 3.15. The zero-order valence-electron chi connectivity index (χ0n) is 10.8. The molecule has 0 fully saturated rings. The molecule has 0 unspecified atom stereocenters. The van der Waals surface area contributed by atoms with E-state index in [-0.39, 0.29) is 0 Å². The maximum atomic E-state index is 6.97. The molecule has 0 aliphatic carbocycles. The van der Waals surface area contributed by atoms with Gasteiger partial charge in [-0.15, -0.1) is 11.3 Å². The van der Waals surface area contributed by atoms with Crippen LogP contribution in [0.15, 0.2) is 41.5 Å². The lowest BCUT2D eigenvalue weighted by atomic mass is 10.1. The van der Waals surface area contributed by atoms with Crippen molar-refractivity contribution in [1.82, 2.24) is 4.98 Å². The summed E-state index contributed by atoms with van der Waals surface area (Å²) in [5.74, 6) is 0. The minimum absolute atomic E-state index is 0.664. The van der Waals surface area contributed by atoms with Crippen LogP contribution < -0.4 is 0 Å². The molecule has 0 aliphatic rings. The quantitative estimate of drug-likeness (QED) is 0.634. The summed E-state index contributed by atoms with van der Waals surface area (Å²) in [7, 11) is 0. The van der Waals surface area contributed by atoms with Crippen LogP contribution in [-0.2, 0) is 0 Å². The molecule has 2 aromatic carbocycles. The third-order valence-electron chi connectivity index (χ3n) is 3.32. The summed E-state index contributed by atoms with van der Waals surface area (Å²) in [5.41, 5.74) is 12.4. The van der Waals surface area contributed by atoms with Crippen LogP contribution in [0.1, 0.15) is 11.1 Å². The van der Waals surface area contributed by atoms with Crippen molar-refractivity contribution >= 4 is 27.2 Å². The highest BCUT2D eigenvalue weighted by atomic mass is 32.1. The molecule has 3 rings (SSSR count). The lowest BCUT2D eigenvalue weighted by Gasteiger charge is -1.98. The first-order valence-corrected chi connectivity index (χ1v) is 6.85. The fraction of sp³-hybridized carbons (Fsp3) is 0.133. The highest BCUT2D eigenvalue weighted by molar-refractivity contribution is 7.21. The fourth-order valence-electron chi connectivity index (χ4n) is 2.02. The first-order valence-electron chi connectivity index (χ1n) is 6.03. The van der Waals surface area contributed by atoms with Crippen molar-refractivity contribution in [2.45, 2.75) is 13.8 Å². The average Bonchev–Trinajstić information content (AvgIpc) is 2.88. The van der Waals surface area contributed by atoms with Gasteiger partial charge in [-0.25, -0.2) is 10.5 Å². The van der Waals surface area contributed by atoms with Gasteiger partial charge >= 0.3 is 0 Å². The molecule has 19 heavy (non-hydrogen) atoms. The van der Waals surface area contributed by atoms with Crippen LogP contribution in [0, 0.1) is 19.4 Å². The van der Waals surface area contributed by atoms with Crippen LogP contribution in [0.2, 0.25) is 0 Å². The van der Waals surface area contributed by atoms with E-state index in [4.69, 9.17) is 5.53 Å². The Morgan fingerprint density at radius 1 is 1.05 bits per heavy atom. The number of nitrogens with one attached hydrogen (secondary N) is 1. The number of fused-ring (bicyclic) bond motifs is 1. The molecule has 0 aliphatic heterocycles. The average molecular weight is 267 g/mol. The number of benzene rings is 2. The van der Waals surface area contributed by atoms with Crippen molar-refractivity contribution in [3.63, 3.8) is 0 Å². The second-order valence-corrected chi connectivity index (χ2v) is 5.53. The number of nitrogens with zero attached hydrogens (tertiary/aromatic N) is 2. The van der Waals surface area contributed by atoms with Gasteiger partial charge in [-0.05, 0) is 55.3 Å². The van der Waals surface area contributed by atoms with Gasteiger partial charge in [-0.3, -0.25) is 0 Å². The molecule has 0 bridgehead atoms. The Labute approximate surface area is 115 Å². The summed E-state index contributed by atoms with van der Waals surface area (Å²) < 4.78 is 1.25. The molecule has 4 heteroatoms. The van der Waals surface area contributed by atoms with E-state index >= 15 is 0 Å². The molecule has 0 saturated heterocycles. The first-order chi connectivity index (χ1) is 9.19. The van der Waals surface area contributed by atoms with E-state index in [0.29, 0.717) is 5.69 Å². The highest BCUT2D eigenvalue weighted by Crippen LogP contribution is 2.33. The number of aromatic nitrogens is 1. The van der Waals surface area contributed by atoms with Crippen molar-refractivity contribution in [3.05, 3.63) is 47.5 Å². The predicted octanol–water partition coefficient (Wildman–Crippen LogP) is 5.24. The monoisotopic (exact) mass is 267 g/mol. The molecule has 0 amide bonds. The summed E-state index contributed by atoms with van der Waals surface area (Å²) in [5, 5.41) is 4.42. The Bertz CT molecular complexity index is 757.